The molecule has 0 aliphatic carbocycles. The number of hydrogen-bond acceptors (Lipinski definition) is 3. The van der Waals surface area contributed by atoms with Gasteiger partial charge < -0.3 is 10.1 Å². The molecule has 1 unspecified atom stereocenters. The van der Waals surface area contributed by atoms with Gasteiger partial charge in [0.05, 0.1) is 3.79 Å². The third-order valence-corrected chi connectivity index (χ3v) is 6.00. The highest BCUT2D eigenvalue weighted by atomic mass is 79.9. The van der Waals surface area contributed by atoms with Crippen molar-refractivity contribution in [3.05, 3.63) is 19.2 Å². The Kier molecular flexibility index (Phi) is 5.29. The van der Waals surface area contributed by atoms with Gasteiger partial charge in [-0.25, -0.2) is 0 Å². The summed E-state index contributed by atoms with van der Waals surface area (Å²) in [6.45, 7) is 3.96. The van der Waals surface area contributed by atoms with Gasteiger partial charge in [-0.05, 0) is 63.2 Å². The maximum atomic E-state index is 5.35. The van der Waals surface area contributed by atoms with Gasteiger partial charge in [0.25, 0.3) is 0 Å². The van der Waals surface area contributed by atoms with Crippen LogP contribution in [0.2, 0.25) is 0 Å². The zero-order valence-electron chi connectivity index (χ0n) is 8.97. The number of nitrogens with one attached hydrogen (secondary N) is 1. The Bertz CT molecular complexity index is 317. The summed E-state index contributed by atoms with van der Waals surface area (Å²) in [5.41, 5.74) is 0. The van der Waals surface area contributed by atoms with Crippen molar-refractivity contribution in [3.8, 4) is 0 Å². The molecule has 5 heteroatoms. The maximum Gasteiger partial charge on any atom is 0.0843 e. The summed E-state index contributed by atoms with van der Waals surface area (Å²) < 4.78 is 7.68. The Morgan fingerprint density at radius 3 is 3.00 bits per heavy atom. The normalized spacial score (nSPS) is 20.5. The van der Waals surface area contributed by atoms with Crippen LogP contribution in [0.5, 0.6) is 0 Å². The monoisotopic (exact) mass is 367 g/mol. The number of halogens is 2. The zero-order chi connectivity index (χ0) is 11.4. The molecule has 0 spiro atoms. The van der Waals surface area contributed by atoms with Crippen LogP contribution >= 0.6 is 43.2 Å². The lowest BCUT2D eigenvalue weighted by molar-refractivity contribution is 0.184. The zero-order valence-corrected chi connectivity index (χ0v) is 13.0. The average Bonchev–Trinajstić information content (AvgIpc) is 2.85. The molecule has 1 fully saturated rings. The third kappa shape index (κ3) is 3.81. The predicted octanol–water partition coefficient (Wildman–Crippen LogP) is 3.79. The first-order valence-corrected chi connectivity index (χ1v) is 7.88. The van der Waals surface area contributed by atoms with Crippen LogP contribution in [0.15, 0.2) is 14.3 Å². The van der Waals surface area contributed by atoms with Crippen LogP contribution < -0.4 is 5.32 Å². The van der Waals surface area contributed by atoms with Crippen LogP contribution in [0.1, 0.15) is 17.7 Å². The lowest BCUT2D eigenvalue weighted by Crippen LogP contribution is -2.17. The molecule has 1 aliphatic heterocycles. The molecule has 16 heavy (non-hydrogen) atoms. The van der Waals surface area contributed by atoms with E-state index in [1.807, 2.05) is 0 Å². The first-order valence-electron chi connectivity index (χ1n) is 5.48. The molecule has 2 nitrogen and oxygen atoms in total. The molecule has 0 aromatic carbocycles. The Hall–Kier alpha value is 0.580. The van der Waals surface area contributed by atoms with Gasteiger partial charge in [0.15, 0.2) is 0 Å². The minimum Gasteiger partial charge on any atom is -0.381 e. The number of hydrogen-bond donors (Lipinski definition) is 1. The van der Waals surface area contributed by atoms with E-state index in [1.54, 1.807) is 11.3 Å². The van der Waals surface area contributed by atoms with Gasteiger partial charge in [0.1, 0.15) is 0 Å². The van der Waals surface area contributed by atoms with Crippen LogP contribution in [0.25, 0.3) is 0 Å². The molecular formula is C11H15Br2NOS. The first-order chi connectivity index (χ1) is 7.75. The van der Waals surface area contributed by atoms with Crippen molar-refractivity contribution in [2.24, 2.45) is 5.92 Å². The van der Waals surface area contributed by atoms with Crippen molar-refractivity contribution < 1.29 is 4.74 Å². The van der Waals surface area contributed by atoms with E-state index in [-0.39, 0.29) is 0 Å². The van der Waals surface area contributed by atoms with Gasteiger partial charge in [-0.1, -0.05) is 0 Å². The summed E-state index contributed by atoms with van der Waals surface area (Å²) in [6, 6.07) is 2.17. The second-order valence-electron chi connectivity index (χ2n) is 4.03. The molecule has 1 saturated heterocycles. The fraction of sp³-hybridized carbons (Fsp3) is 0.636. The van der Waals surface area contributed by atoms with E-state index in [9.17, 15) is 0 Å². The minimum atomic E-state index is 0.773. The third-order valence-electron chi connectivity index (χ3n) is 2.75. The minimum absolute atomic E-state index is 0.773. The summed E-state index contributed by atoms with van der Waals surface area (Å²) in [4.78, 5) is 1.36. The SMILES string of the molecule is Brc1cc(CNCCC2CCOC2)sc1Br. The van der Waals surface area contributed by atoms with Gasteiger partial charge in [0.2, 0.25) is 0 Å². The number of thiophene rings is 1. The van der Waals surface area contributed by atoms with E-state index in [2.05, 4.69) is 43.2 Å². The molecule has 90 valence electrons. The van der Waals surface area contributed by atoms with Crippen molar-refractivity contribution in [1.82, 2.24) is 5.32 Å². The Balaban J connectivity index is 1.64. The smallest absolute Gasteiger partial charge is 0.0843 e. The fourth-order valence-corrected chi connectivity index (χ4v) is 3.95. The molecule has 2 heterocycles. The Morgan fingerprint density at radius 2 is 2.38 bits per heavy atom. The van der Waals surface area contributed by atoms with Crippen LogP contribution in [-0.4, -0.2) is 19.8 Å². The van der Waals surface area contributed by atoms with Crippen LogP contribution in [0, 0.1) is 5.92 Å². The molecule has 1 aliphatic rings. The van der Waals surface area contributed by atoms with E-state index >= 15 is 0 Å². The molecule has 1 N–H and O–H groups in total. The van der Waals surface area contributed by atoms with E-state index in [0.717, 1.165) is 36.7 Å². The molecular weight excluding hydrogens is 354 g/mol. The first kappa shape index (κ1) is 13.0. The second-order valence-corrected chi connectivity index (χ2v) is 7.34. The average molecular weight is 369 g/mol. The maximum absolute atomic E-state index is 5.35. The Morgan fingerprint density at radius 1 is 1.50 bits per heavy atom. The van der Waals surface area contributed by atoms with Crippen LogP contribution in [-0.2, 0) is 11.3 Å². The van der Waals surface area contributed by atoms with Gasteiger partial charge in [0, 0.05) is 29.1 Å². The van der Waals surface area contributed by atoms with Crippen molar-refractivity contribution in [1.29, 1.82) is 0 Å². The standard InChI is InChI=1S/C11H15Br2NOS/c12-10-5-9(16-11(10)13)6-14-3-1-8-2-4-15-7-8/h5,8,14H,1-4,6-7H2. The molecule has 0 bridgehead atoms. The van der Waals surface area contributed by atoms with E-state index in [1.165, 1.54) is 21.5 Å². The van der Waals surface area contributed by atoms with Crippen molar-refractivity contribution >= 4 is 43.2 Å². The topological polar surface area (TPSA) is 21.3 Å². The van der Waals surface area contributed by atoms with Gasteiger partial charge in [-0.15, -0.1) is 11.3 Å². The predicted molar refractivity (Wildman–Crippen MR) is 75.0 cm³/mol. The van der Waals surface area contributed by atoms with E-state index in [0.29, 0.717) is 0 Å². The summed E-state index contributed by atoms with van der Waals surface area (Å²) in [5, 5.41) is 3.48. The Labute approximate surface area is 117 Å². The molecule has 1 aromatic rings. The fourth-order valence-electron chi connectivity index (χ4n) is 1.81. The number of ether oxygens (including phenoxy) is 1. The highest BCUT2D eigenvalue weighted by Gasteiger charge is 2.14. The van der Waals surface area contributed by atoms with Crippen LogP contribution in [0.3, 0.4) is 0 Å². The summed E-state index contributed by atoms with van der Waals surface area (Å²) >= 11 is 8.78. The van der Waals surface area contributed by atoms with Crippen LogP contribution in [0.4, 0.5) is 0 Å². The summed E-state index contributed by atoms with van der Waals surface area (Å²) in [5.74, 6) is 0.773. The molecule has 2 rings (SSSR count). The molecule has 0 saturated carbocycles. The molecule has 0 amide bonds. The van der Waals surface area contributed by atoms with Crippen molar-refractivity contribution in [2.45, 2.75) is 19.4 Å². The lowest BCUT2D eigenvalue weighted by Gasteiger charge is -2.07. The van der Waals surface area contributed by atoms with Gasteiger partial charge in [-0.3, -0.25) is 0 Å². The van der Waals surface area contributed by atoms with Crippen molar-refractivity contribution in [3.63, 3.8) is 0 Å². The van der Waals surface area contributed by atoms with Gasteiger partial charge >= 0.3 is 0 Å². The van der Waals surface area contributed by atoms with E-state index < -0.39 is 0 Å². The van der Waals surface area contributed by atoms with E-state index in [4.69, 9.17) is 4.74 Å². The highest BCUT2D eigenvalue weighted by molar-refractivity contribution is 9.13. The van der Waals surface area contributed by atoms with Crippen molar-refractivity contribution in [2.75, 3.05) is 19.8 Å². The molecule has 1 aromatic heterocycles. The largest absolute Gasteiger partial charge is 0.381 e. The molecule has 0 radical (unpaired) electrons. The second kappa shape index (κ2) is 6.50. The summed E-state index contributed by atoms with van der Waals surface area (Å²) in [6.07, 6.45) is 2.46. The highest BCUT2D eigenvalue weighted by Crippen LogP contribution is 2.32. The summed E-state index contributed by atoms with van der Waals surface area (Å²) in [7, 11) is 0. The number of rotatable bonds is 5. The molecule has 1 atom stereocenters. The van der Waals surface area contributed by atoms with Gasteiger partial charge in [-0.2, -0.15) is 0 Å². The lowest BCUT2D eigenvalue weighted by atomic mass is 10.1. The quantitative estimate of drug-likeness (QED) is 0.798.